The Morgan fingerprint density at radius 2 is 0.857 bits per heavy atom. The van der Waals surface area contributed by atoms with Crippen LogP contribution in [0.5, 0.6) is 0 Å². The van der Waals surface area contributed by atoms with E-state index in [-0.39, 0.29) is 13.0 Å². The number of nitrogens with one attached hydrogen (secondary N) is 1. The van der Waals surface area contributed by atoms with Crippen LogP contribution in [-0.2, 0) is 23.8 Å². The highest BCUT2D eigenvalue weighted by Crippen LogP contribution is 2.26. The van der Waals surface area contributed by atoms with E-state index in [2.05, 4.69) is 38.2 Å². The highest BCUT2D eigenvalue weighted by Gasteiger charge is 2.47. The van der Waals surface area contributed by atoms with Crippen molar-refractivity contribution in [2.45, 2.75) is 372 Å². The molecule has 77 heavy (non-hydrogen) atoms. The van der Waals surface area contributed by atoms with Gasteiger partial charge in [0.15, 0.2) is 12.4 Å². The van der Waals surface area contributed by atoms with Gasteiger partial charge < -0.3 is 45.1 Å². The Labute approximate surface area is 473 Å². The van der Waals surface area contributed by atoms with Gasteiger partial charge in [0.1, 0.15) is 24.4 Å². The first-order chi connectivity index (χ1) is 37.7. The number of rotatable bonds is 57. The van der Waals surface area contributed by atoms with Gasteiger partial charge in [0, 0.05) is 6.42 Å². The molecule has 1 aliphatic rings. The van der Waals surface area contributed by atoms with Crippen LogP contribution in [0.25, 0.3) is 0 Å². The van der Waals surface area contributed by atoms with Crippen LogP contribution in [0.4, 0.5) is 0 Å². The van der Waals surface area contributed by atoms with Gasteiger partial charge in [-0.05, 0) is 51.4 Å². The van der Waals surface area contributed by atoms with Crippen molar-refractivity contribution in [3.8, 4) is 0 Å². The maximum atomic E-state index is 13.4. The molecule has 1 saturated heterocycles. The Kier molecular flexibility index (Phi) is 52.0. The number of amides is 1. The summed E-state index contributed by atoms with van der Waals surface area (Å²) in [4.78, 5) is 26.5. The summed E-state index contributed by atoms with van der Waals surface area (Å²) < 4.78 is 17.6. The topological polar surface area (TPSA) is 175 Å². The molecule has 0 spiro atoms. The molecule has 11 heteroatoms. The second-order valence-electron chi connectivity index (χ2n) is 23.2. The SMILES string of the molecule is CCCCCCCC/C=C/CCCCCCCCCCCCCCCCC(O)C(=O)NC(COC1OC(CO)C(O)C(O)C1OC(=O)CCCCCCCCCCCCCCC)C(O)/C=C/CCCCCCCCCCC. The van der Waals surface area contributed by atoms with Crippen molar-refractivity contribution in [2.75, 3.05) is 13.2 Å². The molecule has 8 atom stereocenters. The molecule has 0 radical (unpaired) electrons. The lowest BCUT2D eigenvalue weighted by Gasteiger charge is -2.41. The van der Waals surface area contributed by atoms with Gasteiger partial charge in [-0.25, -0.2) is 0 Å². The molecule has 0 aromatic heterocycles. The second kappa shape index (κ2) is 54.7. The molecule has 0 aromatic rings. The number of unbranched alkanes of at least 4 members (excludes halogenated alkanes) is 41. The predicted octanol–water partition coefficient (Wildman–Crippen LogP) is 16.1. The molecular formula is C66H125NO10. The van der Waals surface area contributed by atoms with Gasteiger partial charge in [-0.2, -0.15) is 0 Å². The van der Waals surface area contributed by atoms with Crippen molar-refractivity contribution in [1.82, 2.24) is 5.32 Å². The van der Waals surface area contributed by atoms with Crippen LogP contribution in [-0.4, -0.2) is 99.6 Å². The smallest absolute Gasteiger partial charge is 0.306 e. The normalized spacial score (nSPS) is 19.1. The lowest BCUT2D eigenvalue weighted by molar-refractivity contribution is -0.305. The van der Waals surface area contributed by atoms with Gasteiger partial charge in [0.2, 0.25) is 5.91 Å². The molecule has 1 aliphatic heterocycles. The van der Waals surface area contributed by atoms with Crippen molar-refractivity contribution >= 4 is 11.9 Å². The molecule has 454 valence electrons. The fourth-order valence-corrected chi connectivity index (χ4v) is 10.6. The van der Waals surface area contributed by atoms with Gasteiger partial charge in [0.05, 0.1) is 25.4 Å². The minimum absolute atomic E-state index is 0.130. The van der Waals surface area contributed by atoms with E-state index < -0.39 is 67.4 Å². The molecule has 0 saturated carbocycles. The van der Waals surface area contributed by atoms with Crippen molar-refractivity contribution < 1.29 is 49.3 Å². The fraction of sp³-hybridized carbons (Fsp3) is 0.909. The number of hydrogen-bond acceptors (Lipinski definition) is 10. The van der Waals surface area contributed by atoms with Crippen LogP contribution in [0.2, 0.25) is 0 Å². The zero-order valence-corrected chi connectivity index (χ0v) is 50.4. The van der Waals surface area contributed by atoms with Crippen molar-refractivity contribution in [1.29, 1.82) is 0 Å². The van der Waals surface area contributed by atoms with Crippen LogP contribution < -0.4 is 5.32 Å². The minimum atomic E-state index is -1.61. The molecule has 8 unspecified atom stereocenters. The third-order valence-electron chi connectivity index (χ3n) is 15.9. The van der Waals surface area contributed by atoms with Crippen LogP contribution in [0.1, 0.15) is 323 Å². The number of carbonyl (C=O) groups excluding carboxylic acids is 2. The Bertz CT molecular complexity index is 1350. The minimum Gasteiger partial charge on any atom is -0.454 e. The standard InChI is InChI=1S/C66H125NO10/c1-4-7-10-13-16-19-22-24-25-26-27-28-29-30-31-32-33-34-36-38-41-44-47-50-53-59(70)65(74)67-57(58(69)52-49-46-43-40-37-21-18-15-12-9-6-3)56-75-66-64(63(73)62(72)60(55-68)76-66)77-61(71)54-51-48-45-42-39-35-23-20-17-14-11-8-5-2/h24-25,49,52,57-60,62-64,66,68-70,72-73H,4-23,26-48,50-51,53-56H2,1-3H3,(H,67,74)/b25-24+,52-49+. The lowest BCUT2D eigenvalue weighted by Crippen LogP contribution is -2.61. The van der Waals surface area contributed by atoms with E-state index in [4.69, 9.17) is 14.2 Å². The Hall–Kier alpha value is -1.86. The van der Waals surface area contributed by atoms with Crippen LogP contribution in [0, 0.1) is 0 Å². The third kappa shape index (κ3) is 42.6. The highest BCUT2D eigenvalue weighted by atomic mass is 16.7. The van der Waals surface area contributed by atoms with Gasteiger partial charge in [0.25, 0.3) is 0 Å². The summed E-state index contributed by atoms with van der Waals surface area (Å²) in [6.45, 7) is 5.81. The molecule has 0 aromatic carbocycles. The van der Waals surface area contributed by atoms with Gasteiger partial charge >= 0.3 is 5.97 Å². The predicted molar refractivity (Wildman–Crippen MR) is 320 cm³/mol. The number of carbonyl (C=O) groups is 2. The van der Waals surface area contributed by atoms with E-state index in [1.807, 2.05) is 6.08 Å². The van der Waals surface area contributed by atoms with Gasteiger partial charge in [-0.1, -0.05) is 289 Å². The molecular weight excluding hydrogens is 967 g/mol. The maximum absolute atomic E-state index is 13.4. The molecule has 1 heterocycles. The lowest BCUT2D eigenvalue weighted by atomic mass is 9.99. The Morgan fingerprint density at radius 3 is 1.26 bits per heavy atom. The van der Waals surface area contributed by atoms with Crippen LogP contribution in [0.15, 0.2) is 24.3 Å². The summed E-state index contributed by atoms with van der Waals surface area (Å²) in [5.41, 5.74) is 0. The molecule has 11 nitrogen and oxygen atoms in total. The van der Waals surface area contributed by atoms with E-state index >= 15 is 0 Å². The highest BCUT2D eigenvalue weighted by molar-refractivity contribution is 5.80. The fourth-order valence-electron chi connectivity index (χ4n) is 10.6. The maximum Gasteiger partial charge on any atom is 0.306 e. The van der Waals surface area contributed by atoms with E-state index in [0.717, 1.165) is 57.8 Å². The number of ether oxygens (including phenoxy) is 3. The summed E-state index contributed by atoms with van der Waals surface area (Å²) in [7, 11) is 0. The number of allylic oxidation sites excluding steroid dienone is 3. The largest absolute Gasteiger partial charge is 0.454 e. The summed E-state index contributed by atoms with van der Waals surface area (Å²) in [5.74, 6) is -1.18. The summed E-state index contributed by atoms with van der Waals surface area (Å²) in [5, 5.41) is 57.0. The quantitative estimate of drug-likeness (QED) is 0.0195. The van der Waals surface area contributed by atoms with Gasteiger partial charge in [-0.15, -0.1) is 0 Å². The monoisotopic (exact) mass is 1090 g/mol. The molecule has 0 aliphatic carbocycles. The van der Waals surface area contributed by atoms with E-state index in [9.17, 15) is 35.1 Å². The van der Waals surface area contributed by atoms with Crippen LogP contribution >= 0.6 is 0 Å². The Balaban J connectivity index is 2.56. The number of esters is 1. The zero-order chi connectivity index (χ0) is 56.1. The zero-order valence-electron chi connectivity index (χ0n) is 50.4. The van der Waals surface area contributed by atoms with Crippen molar-refractivity contribution in [2.24, 2.45) is 0 Å². The molecule has 1 rings (SSSR count). The molecule has 1 amide bonds. The molecule has 6 N–H and O–H groups in total. The molecule has 0 bridgehead atoms. The first-order valence-electron chi connectivity index (χ1n) is 33.1. The second-order valence-corrected chi connectivity index (χ2v) is 23.2. The number of hydrogen-bond donors (Lipinski definition) is 6. The van der Waals surface area contributed by atoms with Crippen LogP contribution in [0.3, 0.4) is 0 Å². The first-order valence-corrected chi connectivity index (χ1v) is 33.1. The van der Waals surface area contributed by atoms with Crippen molar-refractivity contribution in [3.05, 3.63) is 24.3 Å². The summed E-state index contributed by atoms with van der Waals surface area (Å²) in [6.07, 6.45) is 53.7. The Morgan fingerprint density at radius 1 is 0.494 bits per heavy atom. The number of aliphatic hydroxyl groups excluding tert-OH is 5. The average molecular weight is 1090 g/mol. The van der Waals surface area contributed by atoms with E-state index in [1.54, 1.807) is 6.08 Å². The van der Waals surface area contributed by atoms with E-state index in [0.29, 0.717) is 19.3 Å². The number of aliphatic hydroxyl groups is 5. The van der Waals surface area contributed by atoms with Gasteiger partial charge in [-0.3, -0.25) is 9.59 Å². The van der Waals surface area contributed by atoms with Crippen molar-refractivity contribution in [3.63, 3.8) is 0 Å². The van der Waals surface area contributed by atoms with E-state index in [1.165, 1.54) is 218 Å². The summed E-state index contributed by atoms with van der Waals surface area (Å²) in [6, 6.07) is -1.02. The first kappa shape index (κ1) is 73.2. The molecule has 1 fully saturated rings. The third-order valence-corrected chi connectivity index (χ3v) is 15.9. The average Bonchev–Trinajstić information content (AvgIpc) is 3.44. The summed E-state index contributed by atoms with van der Waals surface area (Å²) >= 11 is 0.